The zero-order valence-corrected chi connectivity index (χ0v) is 11.8. The van der Waals surface area contributed by atoms with E-state index in [2.05, 4.69) is 10.4 Å². The fraction of sp³-hybridized carbons (Fsp3) is 0.357. The number of aryl methyl sites for hydroxylation is 1. The van der Waals surface area contributed by atoms with Crippen LogP contribution < -0.4 is 5.32 Å². The van der Waals surface area contributed by atoms with E-state index >= 15 is 0 Å². The minimum absolute atomic E-state index is 0.104. The molecule has 1 atom stereocenters. The lowest BCUT2D eigenvalue weighted by Crippen LogP contribution is -2.23. The second-order valence-corrected chi connectivity index (χ2v) is 4.88. The molecule has 5 heteroatoms. The van der Waals surface area contributed by atoms with Crippen molar-refractivity contribution in [2.75, 3.05) is 6.54 Å². The van der Waals surface area contributed by atoms with Crippen molar-refractivity contribution in [2.24, 2.45) is 7.05 Å². The van der Waals surface area contributed by atoms with Gasteiger partial charge >= 0.3 is 0 Å². The third-order valence-electron chi connectivity index (χ3n) is 2.97. The highest BCUT2D eigenvalue weighted by atomic mass is 35.5. The molecule has 0 aliphatic heterocycles. The topological polar surface area (TPSA) is 29.9 Å². The van der Waals surface area contributed by atoms with Crippen molar-refractivity contribution in [1.82, 2.24) is 15.1 Å². The molecule has 3 nitrogen and oxygen atoms in total. The van der Waals surface area contributed by atoms with E-state index in [4.69, 9.17) is 11.6 Å². The van der Waals surface area contributed by atoms with E-state index < -0.39 is 0 Å². The van der Waals surface area contributed by atoms with Crippen LogP contribution >= 0.6 is 11.6 Å². The maximum absolute atomic E-state index is 13.1. The normalized spacial score (nSPS) is 12.6. The van der Waals surface area contributed by atoms with Crippen LogP contribution in [0, 0.1) is 5.82 Å². The average Bonchev–Trinajstić information content (AvgIpc) is 2.80. The van der Waals surface area contributed by atoms with Gasteiger partial charge in [0.15, 0.2) is 0 Å². The zero-order valence-electron chi connectivity index (χ0n) is 11.0. The summed E-state index contributed by atoms with van der Waals surface area (Å²) in [4.78, 5) is 0. The van der Waals surface area contributed by atoms with Crippen molar-refractivity contribution >= 4 is 11.6 Å². The highest BCUT2D eigenvalue weighted by Gasteiger charge is 2.14. The van der Waals surface area contributed by atoms with Gasteiger partial charge in [0.25, 0.3) is 0 Å². The molecule has 1 heterocycles. The molecule has 0 spiro atoms. The van der Waals surface area contributed by atoms with Crippen LogP contribution in [0.2, 0.25) is 5.02 Å². The van der Waals surface area contributed by atoms with E-state index in [0.717, 1.165) is 24.2 Å². The van der Waals surface area contributed by atoms with Crippen molar-refractivity contribution in [2.45, 2.75) is 19.4 Å². The predicted octanol–water partition coefficient (Wildman–Crippen LogP) is 3.11. The first kappa shape index (κ1) is 14.0. The largest absolute Gasteiger partial charge is 0.309 e. The Bertz CT molecular complexity index is 553. The third-order valence-corrected chi connectivity index (χ3v) is 3.26. The van der Waals surface area contributed by atoms with E-state index in [1.165, 1.54) is 6.07 Å². The van der Waals surface area contributed by atoms with Gasteiger partial charge in [0, 0.05) is 13.2 Å². The molecule has 0 aliphatic rings. The molecule has 0 saturated heterocycles. The molecule has 1 aromatic carbocycles. The highest BCUT2D eigenvalue weighted by Crippen LogP contribution is 2.21. The molecule has 2 rings (SSSR count). The van der Waals surface area contributed by atoms with Crippen molar-refractivity contribution < 1.29 is 4.39 Å². The Morgan fingerprint density at radius 3 is 2.79 bits per heavy atom. The first-order valence-corrected chi connectivity index (χ1v) is 6.64. The van der Waals surface area contributed by atoms with Crippen LogP contribution in [0.25, 0.3) is 0 Å². The molecule has 0 amide bonds. The second kappa shape index (κ2) is 6.17. The molecular weight excluding hydrogens is 265 g/mol. The van der Waals surface area contributed by atoms with Crippen LogP contribution in [0.3, 0.4) is 0 Å². The molecule has 1 aromatic heterocycles. The fourth-order valence-electron chi connectivity index (χ4n) is 2.05. The number of halogens is 2. The molecule has 1 N–H and O–H groups in total. The van der Waals surface area contributed by atoms with Gasteiger partial charge in [0.1, 0.15) is 5.82 Å². The van der Waals surface area contributed by atoms with Gasteiger partial charge < -0.3 is 5.32 Å². The number of nitrogens with zero attached hydrogens (tertiary/aromatic N) is 2. The second-order valence-electron chi connectivity index (χ2n) is 4.48. The number of nitrogens with one attached hydrogen (secondary N) is 1. The minimum atomic E-state index is -0.386. The summed E-state index contributed by atoms with van der Waals surface area (Å²) in [7, 11) is 1.89. The summed E-state index contributed by atoms with van der Waals surface area (Å²) in [5.74, 6) is -0.386. The Morgan fingerprint density at radius 1 is 1.42 bits per heavy atom. The lowest BCUT2D eigenvalue weighted by Gasteiger charge is -2.16. The Morgan fingerprint density at radius 2 is 2.21 bits per heavy atom. The molecule has 0 bridgehead atoms. The maximum atomic E-state index is 13.1. The standard InChI is InChI=1S/C14H17ClFN3/c1-3-17-14(13-6-7-19(2)18-13)9-10-4-5-12(16)11(15)8-10/h4-8,14,17H,3,9H2,1-2H3. The van der Waals surface area contributed by atoms with Crippen molar-refractivity contribution in [3.05, 3.63) is 52.6 Å². The van der Waals surface area contributed by atoms with Crippen LogP contribution in [0.5, 0.6) is 0 Å². The lowest BCUT2D eigenvalue weighted by molar-refractivity contribution is 0.527. The van der Waals surface area contributed by atoms with Gasteiger partial charge in [-0.05, 0) is 36.7 Å². The molecule has 102 valence electrons. The fourth-order valence-corrected chi connectivity index (χ4v) is 2.25. The Hall–Kier alpha value is -1.39. The number of rotatable bonds is 5. The van der Waals surface area contributed by atoms with Gasteiger partial charge in [-0.25, -0.2) is 4.39 Å². The van der Waals surface area contributed by atoms with E-state index in [1.807, 2.05) is 26.2 Å². The molecule has 0 aliphatic carbocycles. The monoisotopic (exact) mass is 281 g/mol. The number of likely N-dealkylation sites (N-methyl/N-ethyl adjacent to an activating group) is 1. The maximum Gasteiger partial charge on any atom is 0.141 e. The van der Waals surface area contributed by atoms with Crippen LogP contribution in [0.4, 0.5) is 4.39 Å². The predicted molar refractivity (Wildman–Crippen MR) is 74.7 cm³/mol. The van der Waals surface area contributed by atoms with Crippen LogP contribution in [0.1, 0.15) is 24.2 Å². The first-order chi connectivity index (χ1) is 9.10. The van der Waals surface area contributed by atoms with E-state index in [0.29, 0.717) is 0 Å². The van der Waals surface area contributed by atoms with E-state index in [-0.39, 0.29) is 16.9 Å². The van der Waals surface area contributed by atoms with Gasteiger partial charge in [0.05, 0.1) is 16.8 Å². The molecule has 0 fully saturated rings. The smallest absolute Gasteiger partial charge is 0.141 e. The van der Waals surface area contributed by atoms with Crippen LogP contribution in [-0.4, -0.2) is 16.3 Å². The zero-order chi connectivity index (χ0) is 13.8. The van der Waals surface area contributed by atoms with Crippen molar-refractivity contribution in [3.63, 3.8) is 0 Å². The first-order valence-electron chi connectivity index (χ1n) is 6.27. The van der Waals surface area contributed by atoms with Crippen LogP contribution in [0.15, 0.2) is 30.5 Å². The third kappa shape index (κ3) is 3.55. The van der Waals surface area contributed by atoms with Crippen molar-refractivity contribution in [3.8, 4) is 0 Å². The molecule has 0 saturated carbocycles. The van der Waals surface area contributed by atoms with E-state index in [9.17, 15) is 4.39 Å². The average molecular weight is 282 g/mol. The number of aromatic nitrogens is 2. The highest BCUT2D eigenvalue weighted by molar-refractivity contribution is 6.30. The molecule has 2 aromatic rings. The van der Waals surface area contributed by atoms with Gasteiger partial charge in [-0.3, -0.25) is 4.68 Å². The summed E-state index contributed by atoms with van der Waals surface area (Å²) in [6.45, 7) is 2.89. The quantitative estimate of drug-likeness (QED) is 0.913. The number of hydrogen-bond donors (Lipinski definition) is 1. The molecule has 0 radical (unpaired) electrons. The molecular formula is C14H17ClFN3. The summed E-state index contributed by atoms with van der Waals surface area (Å²) in [5, 5.41) is 7.96. The van der Waals surface area contributed by atoms with Gasteiger partial charge in [0.2, 0.25) is 0 Å². The van der Waals surface area contributed by atoms with Gasteiger partial charge in [-0.2, -0.15) is 5.10 Å². The van der Waals surface area contributed by atoms with Gasteiger partial charge in [-0.1, -0.05) is 24.6 Å². The molecule has 1 unspecified atom stereocenters. The summed E-state index contributed by atoms with van der Waals surface area (Å²) in [6.07, 6.45) is 2.64. The number of hydrogen-bond acceptors (Lipinski definition) is 2. The summed E-state index contributed by atoms with van der Waals surface area (Å²) in [5.41, 5.74) is 1.97. The Balaban J connectivity index is 2.18. The minimum Gasteiger partial charge on any atom is -0.309 e. The van der Waals surface area contributed by atoms with Crippen molar-refractivity contribution in [1.29, 1.82) is 0 Å². The lowest BCUT2D eigenvalue weighted by atomic mass is 10.0. The molecule has 19 heavy (non-hydrogen) atoms. The number of benzene rings is 1. The summed E-state index contributed by atoms with van der Waals surface area (Å²) >= 11 is 5.81. The Kier molecular flexibility index (Phi) is 4.56. The summed E-state index contributed by atoms with van der Waals surface area (Å²) < 4.78 is 14.9. The Labute approximate surface area is 117 Å². The van der Waals surface area contributed by atoms with Crippen LogP contribution in [-0.2, 0) is 13.5 Å². The SMILES string of the molecule is CCNC(Cc1ccc(F)c(Cl)c1)c1ccn(C)n1. The van der Waals surface area contributed by atoms with Gasteiger partial charge in [-0.15, -0.1) is 0 Å². The van der Waals surface area contributed by atoms with E-state index in [1.54, 1.807) is 16.8 Å². The summed E-state index contributed by atoms with van der Waals surface area (Å²) in [6, 6.07) is 6.92.